The van der Waals surface area contributed by atoms with Crippen molar-refractivity contribution in [1.29, 1.82) is 0 Å². The van der Waals surface area contributed by atoms with Crippen LogP contribution in [-0.2, 0) is 0 Å². The number of rotatable bonds is 3. The Morgan fingerprint density at radius 2 is 1.71 bits per heavy atom. The summed E-state index contributed by atoms with van der Waals surface area (Å²) in [7, 11) is 3.25. The van der Waals surface area contributed by atoms with E-state index in [-0.39, 0.29) is 0 Å². The minimum atomic E-state index is 0.651. The van der Waals surface area contributed by atoms with Crippen molar-refractivity contribution in [2.24, 2.45) is 0 Å². The zero-order valence-electron chi connectivity index (χ0n) is 9.98. The largest absolute Gasteiger partial charge is 0.497 e. The second-order valence-corrected chi connectivity index (χ2v) is 4.07. The summed E-state index contributed by atoms with van der Waals surface area (Å²) in [5, 5.41) is 0. The first-order valence-corrected chi connectivity index (χ1v) is 5.56. The molecule has 0 spiro atoms. The highest BCUT2D eigenvalue weighted by Gasteiger charge is 2.05. The van der Waals surface area contributed by atoms with Crippen molar-refractivity contribution in [3.8, 4) is 17.2 Å². The normalized spacial score (nSPS) is 10.3. The van der Waals surface area contributed by atoms with Gasteiger partial charge in [0, 0.05) is 30.1 Å². The van der Waals surface area contributed by atoms with E-state index < -0.39 is 0 Å². The lowest BCUT2D eigenvalue weighted by Crippen LogP contribution is -1.95. The third kappa shape index (κ3) is 2.34. The number of nitrogens with one attached hydrogen (secondary N) is 1. The number of aromatic nitrogens is 2. The molecular formula is C12H14N2O2S. The topological polar surface area (TPSA) is 39.2 Å². The third-order valence-corrected chi connectivity index (χ3v) is 2.76. The van der Waals surface area contributed by atoms with Crippen LogP contribution in [0.2, 0.25) is 0 Å². The van der Waals surface area contributed by atoms with Crippen LogP contribution in [0.25, 0.3) is 5.69 Å². The molecule has 1 aromatic heterocycles. The molecule has 0 bridgehead atoms. The van der Waals surface area contributed by atoms with E-state index >= 15 is 0 Å². The van der Waals surface area contributed by atoms with Gasteiger partial charge in [-0.1, -0.05) is 0 Å². The number of imidazole rings is 1. The van der Waals surface area contributed by atoms with Crippen LogP contribution < -0.4 is 9.47 Å². The molecule has 0 aliphatic heterocycles. The van der Waals surface area contributed by atoms with Crippen molar-refractivity contribution in [2.45, 2.75) is 6.92 Å². The second kappa shape index (κ2) is 4.63. The summed E-state index contributed by atoms with van der Waals surface area (Å²) in [5.74, 6) is 1.47. The van der Waals surface area contributed by atoms with Crippen LogP contribution in [0.3, 0.4) is 0 Å². The van der Waals surface area contributed by atoms with Crippen LogP contribution in [0.4, 0.5) is 0 Å². The van der Waals surface area contributed by atoms with Gasteiger partial charge in [0.1, 0.15) is 11.5 Å². The molecule has 1 aromatic carbocycles. The van der Waals surface area contributed by atoms with Gasteiger partial charge in [-0.15, -0.1) is 0 Å². The van der Waals surface area contributed by atoms with Crippen molar-refractivity contribution in [3.63, 3.8) is 0 Å². The first kappa shape index (κ1) is 11.7. The quantitative estimate of drug-likeness (QED) is 0.851. The van der Waals surface area contributed by atoms with Crippen molar-refractivity contribution >= 4 is 12.2 Å². The average molecular weight is 250 g/mol. The van der Waals surface area contributed by atoms with E-state index in [1.54, 1.807) is 14.2 Å². The number of aryl methyl sites for hydroxylation is 1. The van der Waals surface area contributed by atoms with Crippen LogP contribution >= 0.6 is 12.2 Å². The maximum atomic E-state index is 5.24. The van der Waals surface area contributed by atoms with Crippen LogP contribution in [-0.4, -0.2) is 23.8 Å². The predicted molar refractivity (Wildman–Crippen MR) is 68.8 cm³/mol. The lowest BCUT2D eigenvalue weighted by atomic mass is 10.2. The van der Waals surface area contributed by atoms with Crippen LogP contribution in [0.5, 0.6) is 11.5 Å². The molecule has 90 valence electrons. The van der Waals surface area contributed by atoms with Crippen molar-refractivity contribution in [3.05, 3.63) is 34.9 Å². The molecule has 5 heteroatoms. The van der Waals surface area contributed by atoms with Gasteiger partial charge in [0.25, 0.3) is 0 Å². The summed E-state index contributed by atoms with van der Waals surface area (Å²) < 4.78 is 13.0. The molecule has 2 rings (SSSR count). The Morgan fingerprint density at radius 1 is 1.12 bits per heavy atom. The van der Waals surface area contributed by atoms with E-state index in [0.29, 0.717) is 4.77 Å². The molecular weight excluding hydrogens is 236 g/mol. The SMILES string of the molecule is COc1cc(OC)cc(-n2cc(C)[nH]c2=S)c1. The Morgan fingerprint density at radius 3 is 2.12 bits per heavy atom. The average Bonchev–Trinajstić information content (AvgIpc) is 2.67. The van der Waals surface area contributed by atoms with Crippen molar-refractivity contribution in [1.82, 2.24) is 9.55 Å². The number of hydrogen-bond acceptors (Lipinski definition) is 3. The number of nitrogens with zero attached hydrogens (tertiary/aromatic N) is 1. The van der Waals surface area contributed by atoms with E-state index in [2.05, 4.69) is 4.98 Å². The highest BCUT2D eigenvalue weighted by molar-refractivity contribution is 7.71. The fourth-order valence-electron chi connectivity index (χ4n) is 1.64. The first-order valence-electron chi connectivity index (χ1n) is 5.16. The Kier molecular flexibility index (Phi) is 3.19. The van der Waals surface area contributed by atoms with Gasteiger partial charge < -0.3 is 14.5 Å². The van der Waals surface area contributed by atoms with Gasteiger partial charge in [-0.25, -0.2) is 0 Å². The summed E-state index contributed by atoms with van der Waals surface area (Å²) in [6, 6.07) is 5.64. The van der Waals surface area contributed by atoms with Crippen LogP contribution in [0, 0.1) is 11.7 Å². The molecule has 4 nitrogen and oxygen atoms in total. The molecule has 0 saturated carbocycles. The van der Waals surface area contributed by atoms with Crippen molar-refractivity contribution in [2.75, 3.05) is 14.2 Å². The maximum Gasteiger partial charge on any atom is 0.181 e. The fraction of sp³-hybridized carbons (Fsp3) is 0.250. The monoisotopic (exact) mass is 250 g/mol. The summed E-state index contributed by atoms with van der Waals surface area (Å²) in [5.41, 5.74) is 1.92. The Hall–Kier alpha value is -1.75. The predicted octanol–water partition coefficient (Wildman–Crippen LogP) is 2.86. The minimum Gasteiger partial charge on any atom is -0.497 e. The van der Waals surface area contributed by atoms with E-state index in [1.807, 2.05) is 35.9 Å². The third-order valence-electron chi connectivity index (χ3n) is 2.46. The number of benzene rings is 1. The summed E-state index contributed by atoms with van der Waals surface area (Å²) in [4.78, 5) is 3.08. The molecule has 0 radical (unpaired) electrons. The van der Waals surface area contributed by atoms with Gasteiger partial charge in [-0.2, -0.15) is 0 Å². The molecule has 1 N–H and O–H groups in total. The molecule has 1 heterocycles. The van der Waals surface area contributed by atoms with E-state index in [4.69, 9.17) is 21.7 Å². The number of ether oxygens (including phenoxy) is 2. The number of aromatic amines is 1. The number of H-pyrrole nitrogens is 1. The molecule has 0 aliphatic carbocycles. The Balaban J connectivity index is 2.58. The standard InChI is InChI=1S/C12H14N2O2S/c1-8-7-14(12(17)13-8)9-4-10(15-2)6-11(5-9)16-3/h4-7H,1-3H3,(H,13,17). The maximum absolute atomic E-state index is 5.24. The lowest BCUT2D eigenvalue weighted by molar-refractivity contribution is 0.394. The van der Waals surface area contributed by atoms with Crippen LogP contribution in [0.15, 0.2) is 24.4 Å². The van der Waals surface area contributed by atoms with Gasteiger partial charge >= 0.3 is 0 Å². The van der Waals surface area contributed by atoms with Gasteiger partial charge in [-0.05, 0) is 19.1 Å². The van der Waals surface area contributed by atoms with Gasteiger partial charge in [-0.3, -0.25) is 4.57 Å². The summed E-state index contributed by atoms with van der Waals surface area (Å²) >= 11 is 5.24. The Labute approximate surface area is 105 Å². The molecule has 0 fully saturated rings. The smallest absolute Gasteiger partial charge is 0.181 e. The van der Waals surface area contributed by atoms with E-state index in [1.165, 1.54) is 0 Å². The molecule has 0 amide bonds. The zero-order valence-corrected chi connectivity index (χ0v) is 10.8. The zero-order chi connectivity index (χ0) is 12.4. The summed E-state index contributed by atoms with van der Waals surface area (Å²) in [6.07, 6.45) is 1.94. The highest BCUT2D eigenvalue weighted by Crippen LogP contribution is 2.25. The molecule has 17 heavy (non-hydrogen) atoms. The molecule has 2 aromatic rings. The molecule has 0 atom stereocenters. The lowest BCUT2D eigenvalue weighted by Gasteiger charge is -2.08. The molecule has 0 aliphatic rings. The van der Waals surface area contributed by atoms with Crippen molar-refractivity contribution < 1.29 is 9.47 Å². The second-order valence-electron chi connectivity index (χ2n) is 3.68. The molecule has 0 saturated heterocycles. The first-order chi connectivity index (χ1) is 8.13. The van der Waals surface area contributed by atoms with Gasteiger partial charge in [0.15, 0.2) is 4.77 Å². The Bertz CT molecular complexity index is 564. The van der Waals surface area contributed by atoms with E-state index in [9.17, 15) is 0 Å². The van der Waals surface area contributed by atoms with Gasteiger partial charge in [0.2, 0.25) is 0 Å². The number of hydrogen-bond donors (Lipinski definition) is 1. The van der Waals surface area contributed by atoms with E-state index in [0.717, 1.165) is 22.9 Å². The highest BCUT2D eigenvalue weighted by atomic mass is 32.1. The van der Waals surface area contributed by atoms with Gasteiger partial charge in [0.05, 0.1) is 19.9 Å². The number of methoxy groups -OCH3 is 2. The van der Waals surface area contributed by atoms with Crippen LogP contribution in [0.1, 0.15) is 5.69 Å². The fourth-order valence-corrected chi connectivity index (χ4v) is 1.96. The minimum absolute atomic E-state index is 0.651. The summed E-state index contributed by atoms with van der Waals surface area (Å²) in [6.45, 7) is 1.96. The molecule has 0 unspecified atom stereocenters.